The maximum atomic E-state index is 12.1. The molecule has 0 saturated carbocycles. The minimum absolute atomic E-state index is 0.0260. The molecule has 0 spiro atoms. The van der Waals surface area contributed by atoms with Crippen LogP contribution < -0.4 is 15.9 Å². The number of hydrogen-bond donors (Lipinski definition) is 2. The first-order valence-electron chi connectivity index (χ1n) is 9.26. The molecule has 1 atom stereocenters. The van der Waals surface area contributed by atoms with Gasteiger partial charge in [0.25, 0.3) is 0 Å². The lowest BCUT2D eigenvalue weighted by Gasteiger charge is -2.14. The van der Waals surface area contributed by atoms with E-state index in [1.54, 1.807) is 0 Å². The van der Waals surface area contributed by atoms with Crippen molar-refractivity contribution in [3.8, 4) is 17.1 Å². The molecule has 1 aromatic heterocycles. The van der Waals surface area contributed by atoms with Gasteiger partial charge in [-0.05, 0) is 56.9 Å². The number of thioether (sulfide) groups is 1. The number of carbonyl (C=O) groups excluding carboxylic acids is 1. The first-order valence-corrected chi connectivity index (χ1v) is 10.2. The van der Waals surface area contributed by atoms with Crippen molar-refractivity contribution in [1.29, 1.82) is 0 Å². The fourth-order valence-electron chi connectivity index (χ4n) is 2.54. The molecule has 0 fully saturated rings. The average Bonchev–Trinajstić information content (AvgIpc) is 3.00. The Balaban J connectivity index is 1.90. The highest BCUT2D eigenvalue weighted by molar-refractivity contribution is 7.99. The number of benzene rings is 1. The molecule has 8 heteroatoms. The molecule has 1 heterocycles. The largest absolute Gasteiger partial charge is 0.494 e. The van der Waals surface area contributed by atoms with Crippen LogP contribution in [0.1, 0.15) is 40.5 Å². The topological polar surface area (TPSA) is 95.1 Å². The summed E-state index contributed by atoms with van der Waals surface area (Å²) in [5, 5.41) is 11.8. The van der Waals surface area contributed by atoms with Gasteiger partial charge in [-0.15, -0.1) is 10.2 Å². The van der Waals surface area contributed by atoms with Gasteiger partial charge in [0.2, 0.25) is 11.1 Å². The number of aromatic nitrogens is 3. The first-order chi connectivity index (χ1) is 12.9. The van der Waals surface area contributed by atoms with E-state index in [0.29, 0.717) is 23.5 Å². The van der Waals surface area contributed by atoms with Gasteiger partial charge in [-0.3, -0.25) is 4.79 Å². The molecule has 0 radical (unpaired) electrons. The van der Waals surface area contributed by atoms with Crippen molar-refractivity contribution in [3.05, 3.63) is 24.3 Å². The summed E-state index contributed by atoms with van der Waals surface area (Å²) < 4.78 is 6.85. The number of nitrogens with zero attached hydrogens (tertiary/aromatic N) is 3. The lowest BCUT2D eigenvalue weighted by atomic mass is 10.0. The summed E-state index contributed by atoms with van der Waals surface area (Å²) >= 11 is 1.28. The van der Waals surface area contributed by atoms with E-state index >= 15 is 0 Å². The Kier molecular flexibility index (Phi) is 7.97. The second-order valence-electron chi connectivity index (χ2n) is 6.86. The Hall–Kier alpha value is -2.22. The maximum Gasteiger partial charge on any atom is 0.230 e. The van der Waals surface area contributed by atoms with E-state index in [1.165, 1.54) is 16.4 Å². The number of hydrogen-bond acceptors (Lipinski definition) is 6. The van der Waals surface area contributed by atoms with Crippen LogP contribution in [0.15, 0.2) is 29.4 Å². The summed E-state index contributed by atoms with van der Waals surface area (Å²) in [7, 11) is 0. The van der Waals surface area contributed by atoms with Crippen LogP contribution in [0.3, 0.4) is 0 Å². The van der Waals surface area contributed by atoms with Gasteiger partial charge in [-0.25, -0.2) is 4.68 Å². The predicted molar refractivity (Wildman–Crippen MR) is 109 cm³/mol. The molecule has 1 aromatic carbocycles. The molecule has 0 saturated heterocycles. The molecule has 148 valence electrons. The molecular weight excluding hydrogens is 362 g/mol. The van der Waals surface area contributed by atoms with E-state index in [9.17, 15) is 4.79 Å². The predicted octanol–water partition coefficient (Wildman–Crippen LogP) is 3.09. The zero-order valence-electron chi connectivity index (χ0n) is 16.4. The molecule has 0 aliphatic rings. The maximum absolute atomic E-state index is 12.1. The molecule has 1 amide bonds. The number of rotatable bonds is 10. The lowest BCUT2D eigenvalue weighted by molar-refractivity contribution is -0.119. The zero-order valence-corrected chi connectivity index (χ0v) is 17.3. The molecule has 3 N–H and O–H groups in total. The normalized spacial score (nSPS) is 12.2. The molecule has 2 rings (SSSR count). The van der Waals surface area contributed by atoms with Crippen LogP contribution in [-0.2, 0) is 4.79 Å². The summed E-state index contributed by atoms with van der Waals surface area (Å²) in [6.07, 6.45) is 2.07. The molecule has 1 unspecified atom stereocenters. The number of nitrogen functional groups attached to an aromatic ring is 1. The molecular formula is C19H29N5O2S. The monoisotopic (exact) mass is 391 g/mol. The van der Waals surface area contributed by atoms with E-state index in [4.69, 9.17) is 10.6 Å². The summed E-state index contributed by atoms with van der Waals surface area (Å²) in [4.78, 5) is 12.1. The fraction of sp³-hybridized carbons (Fsp3) is 0.526. The van der Waals surface area contributed by atoms with E-state index in [0.717, 1.165) is 24.2 Å². The van der Waals surface area contributed by atoms with Gasteiger partial charge in [0.15, 0.2) is 5.82 Å². The highest BCUT2D eigenvalue weighted by Gasteiger charge is 2.15. The van der Waals surface area contributed by atoms with Gasteiger partial charge in [0, 0.05) is 11.6 Å². The van der Waals surface area contributed by atoms with Crippen LogP contribution >= 0.6 is 11.8 Å². The molecule has 2 aromatic rings. The van der Waals surface area contributed by atoms with Crippen LogP contribution in [0.25, 0.3) is 11.4 Å². The second kappa shape index (κ2) is 10.2. The van der Waals surface area contributed by atoms with Crippen LogP contribution in [-0.4, -0.2) is 39.2 Å². The van der Waals surface area contributed by atoms with Crippen molar-refractivity contribution in [2.24, 2.45) is 5.92 Å². The van der Waals surface area contributed by atoms with Crippen molar-refractivity contribution in [1.82, 2.24) is 20.2 Å². The first kappa shape index (κ1) is 21.1. The van der Waals surface area contributed by atoms with E-state index in [-0.39, 0.29) is 17.7 Å². The standard InChI is InChI=1S/C19H29N5O2S/c1-5-26-16-10-8-15(9-11-16)18-22-23-19(24(18)20)27-12-17(25)21-14(4)7-6-13(2)3/h8-11,13-14H,5-7,12,20H2,1-4H3,(H,21,25). The Morgan fingerprint density at radius 2 is 1.93 bits per heavy atom. The molecule has 7 nitrogen and oxygen atoms in total. The van der Waals surface area contributed by atoms with Crippen molar-refractivity contribution >= 4 is 17.7 Å². The van der Waals surface area contributed by atoms with E-state index in [1.807, 2.05) is 38.1 Å². The Morgan fingerprint density at radius 1 is 1.22 bits per heavy atom. The van der Waals surface area contributed by atoms with Gasteiger partial charge < -0.3 is 15.9 Å². The van der Waals surface area contributed by atoms with Crippen LogP contribution in [0.4, 0.5) is 0 Å². The third kappa shape index (κ3) is 6.46. The summed E-state index contributed by atoms with van der Waals surface area (Å²) in [5.41, 5.74) is 0.840. The van der Waals surface area contributed by atoms with Gasteiger partial charge in [-0.2, -0.15) is 0 Å². The summed E-state index contributed by atoms with van der Waals surface area (Å²) in [6.45, 7) is 8.95. The van der Waals surface area contributed by atoms with Gasteiger partial charge in [0.1, 0.15) is 5.75 Å². The van der Waals surface area contributed by atoms with Crippen LogP contribution in [0.5, 0.6) is 5.75 Å². The molecule has 27 heavy (non-hydrogen) atoms. The third-order valence-corrected chi connectivity index (χ3v) is 4.95. The summed E-state index contributed by atoms with van der Waals surface area (Å²) in [5.74, 6) is 8.31. The van der Waals surface area contributed by atoms with Gasteiger partial charge >= 0.3 is 0 Å². The number of carbonyl (C=O) groups is 1. The molecule has 0 aliphatic carbocycles. The minimum atomic E-state index is -0.0260. The second-order valence-corrected chi connectivity index (χ2v) is 7.80. The lowest BCUT2D eigenvalue weighted by Crippen LogP contribution is -2.34. The van der Waals surface area contributed by atoms with Gasteiger partial charge in [0.05, 0.1) is 12.4 Å². The highest BCUT2D eigenvalue weighted by Crippen LogP contribution is 2.23. The van der Waals surface area contributed by atoms with Crippen molar-refractivity contribution in [2.45, 2.75) is 51.7 Å². The number of nitrogens with one attached hydrogen (secondary N) is 1. The Bertz CT molecular complexity index is 730. The number of ether oxygens (including phenoxy) is 1. The Labute approximate surface area is 165 Å². The summed E-state index contributed by atoms with van der Waals surface area (Å²) in [6, 6.07) is 7.67. The van der Waals surface area contributed by atoms with Crippen molar-refractivity contribution in [3.63, 3.8) is 0 Å². The molecule has 0 aliphatic heterocycles. The SMILES string of the molecule is CCOc1ccc(-c2nnc(SCC(=O)NC(C)CCC(C)C)n2N)cc1. The van der Waals surface area contributed by atoms with Gasteiger partial charge in [-0.1, -0.05) is 25.6 Å². The molecule has 0 bridgehead atoms. The third-order valence-electron chi connectivity index (χ3n) is 4.00. The highest BCUT2D eigenvalue weighted by atomic mass is 32.2. The minimum Gasteiger partial charge on any atom is -0.494 e. The average molecular weight is 392 g/mol. The van der Waals surface area contributed by atoms with Crippen molar-refractivity contribution < 1.29 is 9.53 Å². The van der Waals surface area contributed by atoms with Crippen molar-refractivity contribution in [2.75, 3.05) is 18.2 Å². The van der Waals surface area contributed by atoms with Crippen LogP contribution in [0, 0.1) is 5.92 Å². The van der Waals surface area contributed by atoms with E-state index in [2.05, 4.69) is 29.4 Å². The van der Waals surface area contributed by atoms with E-state index < -0.39 is 0 Å². The fourth-order valence-corrected chi connectivity index (χ4v) is 3.21. The smallest absolute Gasteiger partial charge is 0.230 e. The van der Waals surface area contributed by atoms with Crippen LogP contribution in [0.2, 0.25) is 0 Å². The number of nitrogens with two attached hydrogens (primary N) is 1. The zero-order chi connectivity index (χ0) is 19.8. The quantitative estimate of drug-likeness (QED) is 0.477. The Morgan fingerprint density at radius 3 is 2.56 bits per heavy atom. The number of amides is 1.